The summed E-state index contributed by atoms with van der Waals surface area (Å²) in [5, 5.41) is 3.31. The van der Waals surface area contributed by atoms with Gasteiger partial charge in [-0.2, -0.15) is 0 Å². The van der Waals surface area contributed by atoms with E-state index in [1.807, 2.05) is 13.0 Å². The Morgan fingerprint density at radius 1 is 1.38 bits per heavy atom. The van der Waals surface area contributed by atoms with E-state index in [1.54, 1.807) is 0 Å². The van der Waals surface area contributed by atoms with Crippen LogP contribution in [0.1, 0.15) is 12.5 Å². The van der Waals surface area contributed by atoms with Gasteiger partial charge in [-0.1, -0.05) is 28.1 Å². The topological polar surface area (TPSA) is 12.0 Å². The van der Waals surface area contributed by atoms with E-state index in [0.29, 0.717) is 0 Å². The minimum atomic E-state index is 0.881. The van der Waals surface area contributed by atoms with Crippen LogP contribution in [0.3, 0.4) is 0 Å². The Bertz CT molecular complexity index is 285. The van der Waals surface area contributed by atoms with E-state index in [1.165, 1.54) is 5.56 Å². The summed E-state index contributed by atoms with van der Waals surface area (Å²) in [7, 11) is 0. The van der Waals surface area contributed by atoms with Gasteiger partial charge in [0.05, 0.1) is 0 Å². The normalized spacial score (nSPS) is 10.7. The number of aryl methyl sites for hydroxylation is 1. The molecule has 1 nitrogen and oxygen atoms in total. The molecule has 0 radical (unpaired) electrons. The lowest BCUT2D eigenvalue weighted by Crippen LogP contribution is -1.97. The van der Waals surface area contributed by atoms with Crippen LogP contribution in [0.25, 0.3) is 0 Å². The minimum absolute atomic E-state index is 0.881. The standard InChI is InChI=1S/C11H14BrN/c1-3-4-5-13-11-7-9(2)6-10(12)8-11/h3-4,6-8,13H,5H2,1-2H3/b4-3+. The first-order valence-corrected chi connectivity index (χ1v) is 5.14. The summed E-state index contributed by atoms with van der Waals surface area (Å²) in [4.78, 5) is 0. The fourth-order valence-electron chi connectivity index (χ4n) is 1.13. The zero-order chi connectivity index (χ0) is 9.68. The highest BCUT2D eigenvalue weighted by molar-refractivity contribution is 9.10. The van der Waals surface area contributed by atoms with Crippen molar-refractivity contribution in [3.63, 3.8) is 0 Å². The highest BCUT2D eigenvalue weighted by atomic mass is 79.9. The number of hydrogen-bond acceptors (Lipinski definition) is 1. The van der Waals surface area contributed by atoms with Gasteiger partial charge in [-0.3, -0.25) is 0 Å². The van der Waals surface area contributed by atoms with Gasteiger partial charge in [0.1, 0.15) is 0 Å². The lowest BCUT2D eigenvalue weighted by Gasteiger charge is -2.05. The van der Waals surface area contributed by atoms with Crippen molar-refractivity contribution < 1.29 is 0 Å². The van der Waals surface area contributed by atoms with Crippen molar-refractivity contribution in [2.45, 2.75) is 13.8 Å². The van der Waals surface area contributed by atoms with Crippen molar-refractivity contribution in [1.29, 1.82) is 0 Å². The molecule has 1 rings (SSSR count). The average molecular weight is 240 g/mol. The molecule has 0 aromatic heterocycles. The van der Waals surface area contributed by atoms with Gasteiger partial charge in [0.2, 0.25) is 0 Å². The van der Waals surface area contributed by atoms with Gasteiger partial charge in [0.25, 0.3) is 0 Å². The Balaban J connectivity index is 2.66. The minimum Gasteiger partial charge on any atom is -0.382 e. The van der Waals surface area contributed by atoms with Crippen LogP contribution in [-0.4, -0.2) is 6.54 Å². The predicted octanol–water partition coefficient (Wildman–Crippen LogP) is 3.75. The molecule has 0 unspecified atom stereocenters. The highest BCUT2D eigenvalue weighted by Gasteiger charge is 1.93. The smallest absolute Gasteiger partial charge is 0.0356 e. The molecule has 2 heteroatoms. The van der Waals surface area contributed by atoms with Gasteiger partial charge in [-0.05, 0) is 37.6 Å². The summed E-state index contributed by atoms with van der Waals surface area (Å²) in [6.07, 6.45) is 4.13. The fraction of sp³-hybridized carbons (Fsp3) is 0.273. The van der Waals surface area contributed by atoms with Crippen molar-refractivity contribution in [2.75, 3.05) is 11.9 Å². The molecule has 0 spiro atoms. The molecular formula is C11H14BrN. The second-order valence-electron chi connectivity index (χ2n) is 2.97. The molecule has 0 aliphatic heterocycles. The first-order valence-electron chi connectivity index (χ1n) is 4.34. The van der Waals surface area contributed by atoms with E-state index >= 15 is 0 Å². The number of halogens is 1. The van der Waals surface area contributed by atoms with E-state index in [0.717, 1.165) is 16.7 Å². The maximum absolute atomic E-state index is 3.46. The van der Waals surface area contributed by atoms with E-state index in [4.69, 9.17) is 0 Å². The monoisotopic (exact) mass is 239 g/mol. The number of allylic oxidation sites excluding steroid dienone is 1. The summed E-state index contributed by atoms with van der Waals surface area (Å²) in [6, 6.07) is 6.31. The molecule has 0 aliphatic rings. The maximum atomic E-state index is 3.46. The summed E-state index contributed by atoms with van der Waals surface area (Å²) in [5.74, 6) is 0. The molecule has 0 aliphatic carbocycles. The van der Waals surface area contributed by atoms with Crippen LogP contribution < -0.4 is 5.32 Å². The zero-order valence-corrected chi connectivity index (χ0v) is 9.56. The lowest BCUT2D eigenvalue weighted by atomic mass is 10.2. The first kappa shape index (κ1) is 10.3. The Morgan fingerprint density at radius 3 is 2.77 bits per heavy atom. The van der Waals surface area contributed by atoms with Crippen LogP contribution in [0.2, 0.25) is 0 Å². The molecule has 0 atom stereocenters. The largest absolute Gasteiger partial charge is 0.382 e. The van der Waals surface area contributed by atoms with Crippen LogP contribution in [-0.2, 0) is 0 Å². The van der Waals surface area contributed by atoms with Crippen molar-refractivity contribution >= 4 is 21.6 Å². The lowest BCUT2D eigenvalue weighted by molar-refractivity contribution is 1.31. The third-order valence-electron chi connectivity index (χ3n) is 1.70. The van der Waals surface area contributed by atoms with Gasteiger partial charge >= 0.3 is 0 Å². The summed E-state index contributed by atoms with van der Waals surface area (Å²) >= 11 is 3.46. The molecule has 0 amide bonds. The van der Waals surface area contributed by atoms with Crippen molar-refractivity contribution in [3.05, 3.63) is 40.4 Å². The third-order valence-corrected chi connectivity index (χ3v) is 2.16. The van der Waals surface area contributed by atoms with Crippen LogP contribution in [0.15, 0.2) is 34.8 Å². The second kappa shape index (κ2) is 5.07. The molecule has 1 N–H and O–H groups in total. The van der Waals surface area contributed by atoms with Crippen LogP contribution in [0, 0.1) is 6.92 Å². The van der Waals surface area contributed by atoms with E-state index < -0.39 is 0 Å². The first-order chi connectivity index (χ1) is 6.22. The third kappa shape index (κ3) is 3.64. The van der Waals surface area contributed by atoms with Crippen LogP contribution in [0.5, 0.6) is 0 Å². The van der Waals surface area contributed by atoms with Crippen molar-refractivity contribution in [1.82, 2.24) is 0 Å². The molecular weight excluding hydrogens is 226 g/mol. The number of nitrogens with one attached hydrogen (secondary N) is 1. The molecule has 70 valence electrons. The van der Waals surface area contributed by atoms with E-state index in [-0.39, 0.29) is 0 Å². The van der Waals surface area contributed by atoms with Gasteiger partial charge < -0.3 is 5.32 Å². The number of benzene rings is 1. The molecule has 1 aromatic carbocycles. The molecule has 13 heavy (non-hydrogen) atoms. The summed E-state index contributed by atoms with van der Waals surface area (Å²) in [5.41, 5.74) is 2.42. The highest BCUT2D eigenvalue weighted by Crippen LogP contribution is 2.18. The van der Waals surface area contributed by atoms with Crippen molar-refractivity contribution in [2.24, 2.45) is 0 Å². The number of hydrogen-bond donors (Lipinski definition) is 1. The van der Waals surface area contributed by atoms with Gasteiger partial charge in [-0.15, -0.1) is 0 Å². The summed E-state index contributed by atoms with van der Waals surface area (Å²) < 4.78 is 1.12. The van der Waals surface area contributed by atoms with Crippen molar-refractivity contribution in [3.8, 4) is 0 Å². The Kier molecular flexibility index (Phi) is 4.03. The number of anilines is 1. The zero-order valence-electron chi connectivity index (χ0n) is 7.97. The molecule has 0 bridgehead atoms. The Morgan fingerprint density at radius 2 is 2.15 bits per heavy atom. The van der Waals surface area contributed by atoms with Crippen LogP contribution >= 0.6 is 15.9 Å². The molecule has 1 aromatic rings. The quantitative estimate of drug-likeness (QED) is 0.793. The van der Waals surface area contributed by atoms with Gasteiger partial charge in [-0.25, -0.2) is 0 Å². The van der Waals surface area contributed by atoms with E-state index in [9.17, 15) is 0 Å². The van der Waals surface area contributed by atoms with E-state index in [2.05, 4.69) is 52.4 Å². The molecule has 0 heterocycles. The molecule has 0 fully saturated rings. The van der Waals surface area contributed by atoms with Crippen LogP contribution in [0.4, 0.5) is 5.69 Å². The average Bonchev–Trinajstić information content (AvgIpc) is 2.03. The maximum Gasteiger partial charge on any atom is 0.0356 e. The SMILES string of the molecule is C/C=C/CNc1cc(C)cc(Br)c1. The molecule has 0 saturated carbocycles. The number of rotatable bonds is 3. The Labute approximate surface area is 88.0 Å². The fourth-order valence-corrected chi connectivity index (χ4v) is 1.74. The second-order valence-corrected chi connectivity index (χ2v) is 3.88. The molecule has 0 saturated heterocycles. The van der Waals surface area contributed by atoms with Gasteiger partial charge in [0, 0.05) is 16.7 Å². The predicted molar refractivity (Wildman–Crippen MR) is 62.2 cm³/mol. The Hall–Kier alpha value is -0.760. The van der Waals surface area contributed by atoms with Gasteiger partial charge in [0.15, 0.2) is 0 Å². The summed E-state index contributed by atoms with van der Waals surface area (Å²) in [6.45, 7) is 4.99.